The van der Waals surface area contributed by atoms with E-state index in [1.54, 1.807) is 23.0 Å². The second-order valence-electron chi connectivity index (χ2n) is 8.23. The van der Waals surface area contributed by atoms with Crippen molar-refractivity contribution in [1.29, 1.82) is 0 Å². The first kappa shape index (κ1) is 24.7. The van der Waals surface area contributed by atoms with E-state index in [0.717, 1.165) is 57.2 Å². The molecule has 0 aliphatic heterocycles. The number of rotatable bonds is 7. The number of thioether (sulfide) groups is 1. The van der Waals surface area contributed by atoms with E-state index in [-0.39, 0.29) is 17.2 Å². The van der Waals surface area contributed by atoms with Crippen LogP contribution in [0.2, 0.25) is 0 Å². The number of carbonyl (C=O) groups is 1. The lowest BCUT2D eigenvalue weighted by atomic mass is 9.97. The normalized spacial score (nSPS) is 13.2. The molecule has 0 saturated heterocycles. The van der Waals surface area contributed by atoms with Crippen molar-refractivity contribution >= 4 is 61.4 Å². The summed E-state index contributed by atoms with van der Waals surface area (Å²) in [7, 11) is 1.58. The van der Waals surface area contributed by atoms with Gasteiger partial charge in [-0.2, -0.15) is 5.10 Å². The van der Waals surface area contributed by atoms with Crippen molar-refractivity contribution in [3.05, 3.63) is 79.4 Å². The van der Waals surface area contributed by atoms with Crippen molar-refractivity contribution in [2.24, 2.45) is 5.10 Å². The van der Waals surface area contributed by atoms with Gasteiger partial charge in [-0.25, -0.2) is 10.4 Å². The van der Waals surface area contributed by atoms with Gasteiger partial charge in [0.1, 0.15) is 10.6 Å². The Balaban J connectivity index is 1.40. The van der Waals surface area contributed by atoms with Crippen LogP contribution in [0.1, 0.15) is 28.8 Å². The highest BCUT2D eigenvalue weighted by atomic mass is 79.9. The number of carbonyl (C=O) groups excluding carboxylic acids is 1. The lowest BCUT2D eigenvalue weighted by Crippen LogP contribution is -2.24. The van der Waals surface area contributed by atoms with Gasteiger partial charge in [-0.05, 0) is 61.6 Å². The molecule has 0 unspecified atom stereocenters. The lowest BCUT2D eigenvalue weighted by molar-refractivity contribution is -0.118. The molecular formula is C26H23BrN4O3S2. The minimum absolute atomic E-state index is 0.0584. The fourth-order valence-electron chi connectivity index (χ4n) is 4.23. The number of aromatic nitrogens is 2. The average Bonchev–Trinajstić information content (AvgIpc) is 3.27. The highest BCUT2D eigenvalue weighted by Gasteiger charge is 2.23. The van der Waals surface area contributed by atoms with E-state index in [2.05, 4.69) is 26.5 Å². The topological polar surface area (TPSA) is 85.6 Å². The van der Waals surface area contributed by atoms with E-state index in [9.17, 15) is 9.59 Å². The highest BCUT2D eigenvalue weighted by Crippen LogP contribution is 2.35. The zero-order chi connectivity index (χ0) is 25.1. The number of ether oxygens (including phenoxy) is 1. The minimum Gasteiger partial charge on any atom is -0.496 e. The Hall–Kier alpha value is -2.95. The number of hydrogen-bond donors (Lipinski definition) is 1. The Labute approximate surface area is 224 Å². The number of para-hydroxylation sites is 1. The predicted molar refractivity (Wildman–Crippen MR) is 149 cm³/mol. The summed E-state index contributed by atoms with van der Waals surface area (Å²) in [5.74, 6) is 0.404. The minimum atomic E-state index is -0.301. The Kier molecular flexibility index (Phi) is 7.54. The van der Waals surface area contributed by atoms with Crippen molar-refractivity contribution in [2.45, 2.75) is 30.8 Å². The van der Waals surface area contributed by atoms with Gasteiger partial charge in [-0.3, -0.25) is 14.2 Å². The third kappa shape index (κ3) is 5.11. The van der Waals surface area contributed by atoms with Gasteiger partial charge in [-0.1, -0.05) is 45.9 Å². The molecule has 0 bridgehead atoms. The van der Waals surface area contributed by atoms with Gasteiger partial charge in [0.15, 0.2) is 5.16 Å². The first-order valence-corrected chi connectivity index (χ1v) is 14.1. The summed E-state index contributed by atoms with van der Waals surface area (Å²) in [6.45, 7) is 0. The van der Waals surface area contributed by atoms with E-state index in [4.69, 9.17) is 9.72 Å². The fraction of sp³-hybridized carbons (Fsp3) is 0.231. The van der Waals surface area contributed by atoms with Crippen LogP contribution in [-0.2, 0) is 17.6 Å². The number of hydrogen-bond acceptors (Lipinski definition) is 7. The Bertz CT molecular complexity index is 1520. The number of benzene rings is 2. The molecule has 1 amide bonds. The smallest absolute Gasteiger partial charge is 0.267 e. The van der Waals surface area contributed by atoms with Crippen LogP contribution in [0, 0.1) is 0 Å². The summed E-state index contributed by atoms with van der Waals surface area (Å²) < 4.78 is 7.83. The van der Waals surface area contributed by atoms with E-state index >= 15 is 0 Å². The second kappa shape index (κ2) is 11.0. The van der Waals surface area contributed by atoms with Gasteiger partial charge in [0, 0.05) is 14.9 Å². The molecule has 1 aliphatic carbocycles. The summed E-state index contributed by atoms with van der Waals surface area (Å²) in [6, 6.07) is 15.0. The molecule has 0 spiro atoms. The van der Waals surface area contributed by atoms with Gasteiger partial charge in [0.25, 0.3) is 11.5 Å². The van der Waals surface area contributed by atoms with Crippen LogP contribution in [0.3, 0.4) is 0 Å². The molecule has 184 valence electrons. The molecule has 2 aromatic carbocycles. The first-order chi connectivity index (χ1) is 17.5. The SMILES string of the molecule is COc1ccc(Br)cc1/C=N/NC(=O)CSc1nc2sc3c(c2c(=O)n1-c1ccccc1)CCCC3. The molecule has 0 radical (unpaired) electrons. The van der Waals surface area contributed by atoms with Gasteiger partial charge in [0.2, 0.25) is 0 Å². The fourth-order valence-corrected chi connectivity index (χ4v) is 6.72. The van der Waals surface area contributed by atoms with Crippen LogP contribution in [0.4, 0.5) is 0 Å². The summed E-state index contributed by atoms with van der Waals surface area (Å²) >= 11 is 6.25. The number of nitrogens with zero attached hydrogens (tertiary/aromatic N) is 3. The number of aryl methyl sites for hydroxylation is 2. The Morgan fingerprint density at radius 1 is 1.25 bits per heavy atom. The molecule has 1 aliphatic rings. The summed E-state index contributed by atoms with van der Waals surface area (Å²) in [5, 5.41) is 5.28. The van der Waals surface area contributed by atoms with Gasteiger partial charge in [-0.15, -0.1) is 11.3 Å². The monoisotopic (exact) mass is 582 g/mol. The number of methoxy groups -OCH3 is 1. The predicted octanol–water partition coefficient (Wildman–Crippen LogP) is 5.34. The maximum Gasteiger partial charge on any atom is 0.267 e. The maximum atomic E-state index is 13.7. The number of nitrogens with one attached hydrogen (secondary N) is 1. The number of fused-ring (bicyclic) bond motifs is 3. The number of halogens is 1. The lowest BCUT2D eigenvalue weighted by Gasteiger charge is -2.13. The van der Waals surface area contributed by atoms with Gasteiger partial charge >= 0.3 is 0 Å². The van der Waals surface area contributed by atoms with Crippen molar-refractivity contribution in [2.75, 3.05) is 12.9 Å². The molecule has 5 rings (SSSR count). The number of thiophene rings is 1. The van der Waals surface area contributed by atoms with E-state index in [1.807, 2.05) is 48.5 Å². The largest absolute Gasteiger partial charge is 0.496 e. The summed E-state index contributed by atoms with van der Waals surface area (Å²) in [5.41, 5.74) is 5.08. The Morgan fingerprint density at radius 2 is 2.06 bits per heavy atom. The molecule has 0 saturated carbocycles. The molecule has 2 aromatic heterocycles. The van der Waals surface area contributed by atoms with Gasteiger partial charge in [0.05, 0.1) is 30.2 Å². The maximum absolute atomic E-state index is 13.7. The molecule has 10 heteroatoms. The van der Waals surface area contributed by atoms with E-state index in [1.165, 1.54) is 22.9 Å². The van der Waals surface area contributed by atoms with Crippen LogP contribution < -0.4 is 15.7 Å². The van der Waals surface area contributed by atoms with Gasteiger partial charge < -0.3 is 4.74 Å². The molecule has 1 N–H and O–H groups in total. The molecule has 2 heterocycles. The van der Waals surface area contributed by atoms with Crippen LogP contribution in [-0.4, -0.2) is 34.5 Å². The summed E-state index contributed by atoms with van der Waals surface area (Å²) in [4.78, 5) is 33.2. The highest BCUT2D eigenvalue weighted by molar-refractivity contribution is 9.10. The summed E-state index contributed by atoms with van der Waals surface area (Å²) in [6.07, 6.45) is 5.67. The van der Waals surface area contributed by atoms with Crippen molar-refractivity contribution in [3.63, 3.8) is 0 Å². The van der Waals surface area contributed by atoms with Crippen LogP contribution in [0.25, 0.3) is 15.9 Å². The van der Waals surface area contributed by atoms with Crippen LogP contribution in [0.15, 0.2) is 68.1 Å². The van der Waals surface area contributed by atoms with Crippen LogP contribution >= 0.6 is 39.0 Å². The average molecular weight is 584 g/mol. The van der Waals surface area contributed by atoms with E-state index < -0.39 is 0 Å². The number of hydrazone groups is 1. The second-order valence-corrected chi connectivity index (χ2v) is 11.2. The zero-order valence-electron chi connectivity index (χ0n) is 19.5. The molecular weight excluding hydrogens is 560 g/mol. The third-order valence-electron chi connectivity index (χ3n) is 5.89. The number of amides is 1. The first-order valence-electron chi connectivity index (χ1n) is 11.5. The molecule has 36 heavy (non-hydrogen) atoms. The Morgan fingerprint density at radius 3 is 2.86 bits per heavy atom. The van der Waals surface area contributed by atoms with Crippen molar-refractivity contribution < 1.29 is 9.53 Å². The quantitative estimate of drug-likeness (QED) is 0.137. The van der Waals surface area contributed by atoms with Crippen LogP contribution in [0.5, 0.6) is 5.75 Å². The molecule has 0 fully saturated rings. The van der Waals surface area contributed by atoms with Crippen molar-refractivity contribution in [3.8, 4) is 11.4 Å². The molecule has 0 atom stereocenters. The molecule has 7 nitrogen and oxygen atoms in total. The zero-order valence-corrected chi connectivity index (χ0v) is 22.7. The third-order valence-corrected chi connectivity index (χ3v) is 8.51. The van der Waals surface area contributed by atoms with Crippen molar-refractivity contribution in [1.82, 2.24) is 15.0 Å². The van der Waals surface area contributed by atoms with E-state index in [0.29, 0.717) is 10.9 Å². The molecule has 4 aromatic rings. The standard InChI is InChI=1S/C26H23BrN4O3S2/c1-34-20-12-11-17(27)13-16(20)14-28-30-22(32)15-35-26-29-24-23(19-9-5-6-10-21(19)36-24)25(33)31(26)18-7-3-2-4-8-18/h2-4,7-8,11-14H,5-6,9-10,15H2,1H3,(H,30,32)/b28-14+.